The molecule has 8 heteroatoms. The van der Waals surface area contributed by atoms with Crippen LogP contribution in [-0.2, 0) is 17.5 Å². The molecule has 0 aromatic heterocycles. The number of carbonyl (C=O) groups is 2. The number of hydrogen-bond acceptors (Lipinski definition) is 3. The number of imide groups is 1. The summed E-state index contributed by atoms with van der Waals surface area (Å²) in [7, 11) is 0. The van der Waals surface area contributed by atoms with Crippen molar-refractivity contribution in [1.82, 2.24) is 10.6 Å². The summed E-state index contributed by atoms with van der Waals surface area (Å²) in [4.78, 5) is 23.9. The molecule has 0 fully saturated rings. The molecule has 1 atom stereocenters. The third kappa shape index (κ3) is 5.85. The zero-order chi connectivity index (χ0) is 21.6. The van der Waals surface area contributed by atoms with Gasteiger partial charge in [0.25, 0.3) is 0 Å². The number of alkyl carbamates (subject to hydrolysis) is 1. The molecule has 0 bridgehead atoms. The summed E-state index contributed by atoms with van der Waals surface area (Å²) >= 11 is 0. The fourth-order valence-corrected chi connectivity index (χ4v) is 3.34. The number of amides is 3. The quantitative estimate of drug-likeness (QED) is 0.710. The first-order valence-corrected chi connectivity index (χ1v) is 9.47. The Morgan fingerprint density at radius 2 is 1.73 bits per heavy atom. The van der Waals surface area contributed by atoms with Crippen LogP contribution in [0.5, 0.6) is 0 Å². The van der Waals surface area contributed by atoms with Gasteiger partial charge in [0.2, 0.25) is 0 Å². The Labute approximate surface area is 171 Å². The molecule has 0 radical (unpaired) electrons. The number of urea groups is 1. The number of hydrogen-bond donors (Lipinski definition) is 2. The van der Waals surface area contributed by atoms with Crippen LogP contribution in [0.1, 0.15) is 36.0 Å². The monoisotopic (exact) mass is 418 g/mol. The van der Waals surface area contributed by atoms with Crippen molar-refractivity contribution in [2.45, 2.75) is 38.1 Å². The molecule has 3 amide bonds. The second-order valence-electron chi connectivity index (χ2n) is 6.91. The van der Waals surface area contributed by atoms with Gasteiger partial charge in [-0.25, -0.2) is 14.9 Å². The smallest absolute Gasteiger partial charge is 0.416 e. The number of alkyl halides is 3. The van der Waals surface area contributed by atoms with Crippen molar-refractivity contribution in [2.24, 2.45) is 0 Å². The molecule has 1 unspecified atom stereocenters. The highest BCUT2D eigenvalue weighted by Gasteiger charge is 2.34. The van der Waals surface area contributed by atoms with Crippen molar-refractivity contribution in [3.63, 3.8) is 0 Å². The molecule has 158 valence electrons. The van der Waals surface area contributed by atoms with Crippen LogP contribution in [0, 0.1) is 0 Å². The summed E-state index contributed by atoms with van der Waals surface area (Å²) in [5.41, 5.74) is 0.703. The minimum atomic E-state index is -4.46. The van der Waals surface area contributed by atoms with E-state index in [1.807, 2.05) is 6.07 Å². The molecule has 2 aromatic carbocycles. The van der Waals surface area contributed by atoms with Gasteiger partial charge in [-0.1, -0.05) is 54.6 Å². The highest BCUT2D eigenvalue weighted by molar-refractivity contribution is 5.91. The van der Waals surface area contributed by atoms with Gasteiger partial charge in [0.15, 0.2) is 0 Å². The molecule has 1 aliphatic carbocycles. The van der Waals surface area contributed by atoms with Crippen LogP contribution in [0.4, 0.5) is 22.8 Å². The Hall–Kier alpha value is -3.29. The number of rotatable bonds is 4. The van der Waals surface area contributed by atoms with E-state index >= 15 is 0 Å². The molecular formula is C22H21F3N2O3. The molecule has 2 N–H and O–H groups in total. The lowest BCUT2D eigenvalue weighted by Gasteiger charge is -2.25. The van der Waals surface area contributed by atoms with Crippen LogP contribution in [0.15, 0.2) is 60.7 Å². The Balaban J connectivity index is 1.54. The van der Waals surface area contributed by atoms with Gasteiger partial charge in [-0.3, -0.25) is 0 Å². The summed E-state index contributed by atoms with van der Waals surface area (Å²) in [5.74, 6) is 0. The van der Waals surface area contributed by atoms with E-state index in [0.29, 0.717) is 18.4 Å². The van der Waals surface area contributed by atoms with E-state index in [4.69, 9.17) is 4.74 Å². The molecule has 30 heavy (non-hydrogen) atoms. The van der Waals surface area contributed by atoms with Crippen LogP contribution in [-0.4, -0.2) is 18.2 Å². The third-order valence-corrected chi connectivity index (χ3v) is 4.71. The number of nitrogens with one attached hydrogen (secondary N) is 2. The fourth-order valence-electron chi connectivity index (χ4n) is 3.34. The van der Waals surface area contributed by atoms with E-state index in [2.05, 4.69) is 10.6 Å². The summed E-state index contributed by atoms with van der Waals surface area (Å²) < 4.78 is 44.9. The third-order valence-electron chi connectivity index (χ3n) is 4.71. The Bertz CT molecular complexity index is 927. The number of ether oxygens (including phenoxy) is 1. The van der Waals surface area contributed by atoms with Crippen LogP contribution in [0.2, 0.25) is 0 Å². The van der Waals surface area contributed by atoms with Gasteiger partial charge in [0.1, 0.15) is 6.61 Å². The normalized spacial score (nSPS) is 16.4. The average Bonchev–Trinajstić information content (AvgIpc) is 2.72. The number of carbonyl (C=O) groups excluding carboxylic acids is 2. The molecule has 1 aliphatic rings. The van der Waals surface area contributed by atoms with Crippen molar-refractivity contribution in [3.05, 3.63) is 77.4 Å². The molecule has 0 heterocycles. The Morgan fingerprint density at radius 1 is 1.03 bits per heavy atom. The lowest BCUT2D eigenvalue weighted by Crippen LogP contribution is -2.45. The van der Waals surface area contributed by atoms with Crippen LogP contribution < -0.4 is 10.6 Å². The lowest BCUT2D eigenvalue weighted by molar-refractivity contribution is -0.137. The van der Waals surface area contributed by atoms with Gasteiger partial charge in [0.05, 0.1) is 5.56 Å². The van der Waals surface area contributed by atoms with Gasteiger partial charge in [0, 0.05) is 6.04 Å². The first kappa shape index (κ1) is 21.4. The second kappa shape index (κ2) is 9.47. The van der Waals surface area contributed by atoms with Gasteiger partial charge in [-0.2, -0.15) is 13.2 Å². The standard InChI is InChI=1S/C22H21F3N2O3/c23-22(24,25)19-12-5-4-11-18(19)16-9-6-10-17(13-16)26-20(28)27-21(29)30-14-15-7-2-1-3-8-15/h1-5,7-9,11-12,17H,6,10,13-14H2,(H2,26,27,28,29). The highest BCUT2D eigenvalue weighted by Crippen LogP contribution is 2.37. The maximum atomic E-state index is 13.3. The zero-order valence-corrected chi connectivity index (χ0v) is 16.0. The van der Waals surface area contributed by atoms with Crippen molar-refractivity contribution >= 4 is 17.7 Å². The molecule has 5 nitrogen and oxygen atoms in total. The number of allylic oxidation sites excluding steroid dienone is 1. The first-order valence-electron chi connectivity index (χ1n) is 9.47. The zero-order valence-electron chi connectivity index (χ0n) is 16.0. The second-order valence-corrected chi connectivity index (χ2v) is 6.91. The molecule has 0 saturated heterocycles. The summed E-state index contributed by atoms with van der Waals surface area (Å²) in [6.07, 6.45) is -2.29. The molecule has 2 aromatic rings. The largest absolute Gasteiger partial charge is 0.444 e. The van der Waals surface area contributed by atoms with E-state index in [9.17, 15) is 22.8 Å². The Kier molecular flexibility index (Phi) is 6.76. The van der Waals surface area contributed by atoms with E-state index in [0.717, 1.165) is 11.6 Å². The van der Waals surface area contributed by atoms with Gasteiger partial charge in [-0.15, -0.1) is 0 Å². The van der Waals surface area contributed by atoms with Gasteiger partial charge < -0.3 is 10.1 Å². The number of halogens is 3. The van der Waals surface area contributed by atoms with Crippen LogP contribution >= 0.6 is 0 Å². The molecular weight excluding hydrogens is 397 g/mol. The minimum absolute atomic E-state index is 0.0183. The van der Waals surface area contributed by atoms with E-state index in [1.54, 1.807) is 36.4 Å². The summed E-state index contributed by atoms with van der Waals surface area (Å²) in [6, 6.07) is 13.2. The van der Waals surface area contributed by atoms with E-state index in [1.165, 1.54) is 12.1 Å². The SMILES string of the molecule is O=C(NC(=O)OCc1ccccc1)NC1CCC=C(c2ccccc2C(F)(F)F)C1. The van der Waals surface area contributed by atoms with Gasteiger partial charge in [-0.05, 0) is 42.0 Å². The fraction of sp³-hybridized carbons (Fsp3) is 0.273. The van der Waals surface area contributed by atoms with E-state index < -0.39 is 29.9 Å². The predicted molar refractivity (Wildman–Crippen MR) is 105 cm³/mol. The summed E-state index contributed by atoms with van der Waals surface area (Å²) in [6.45, 7) is 0.0183. The van der Waals surface area contributed by atoms with Crippen molar-refractivity contribution in [3.8, 4) is 0 Å². The van der Waals surface area contributed by atoms with Crippen molar-refractivity contribution in [2.75, 3.05) is 0 Å². The summed E-state index contributed by atoms with van der Waals surface area (Å²) in [5, 5.41) is 4.71. The van der Waals surface area contributed by atoms with Gasteiger partial charge >= 0.3 is 18.3 Å². The predicted octanol–water partition coefficient (Wildman–Crippen LogP) is 5.28. The topological polar surface area (TPSA) is 67.4 Å². The first-order chi connectivity index (χ1) is 14.3. The molecule has 0 aliphatic heterocycles. The average molecular weight is 418 g/mol. The number of benzene rings is 2. The van der Waals surface area contributed by atoms with Crippen LogP contribution in [0.25, 0.3) is 5.57 Å². The lowest BCUT2D eigenvalue weighted by atomic mass is 9.88. The highest BCUT2D eigenvalue weighted by atomic mass is 19.4. The maximum absolute atomic E-state index is 13.3. The van der Waals surface area contributed by atoms with Crippen molar-refractivity contribution < 1.29 is 27.5 Å². The van der Waals surface area contributed by atoms with E-state index in [-0.39, 0.29) is 18.6 Å². The minimum Gasteiger partial charge on any atom is -0.444 e. The molecule has 3 rings (SSSR count). The molecule has 0 spiro atoms. The maximum Gasteiger partial charge on any atom is 0.416 e. The van der Waals surface area contributed by atoms with Crippen molar-refractivity contribution in [1.29, 1.82) is 0 Å². The Morgan fingerprint density at radius 3 is 2.47 bits per heavy atom. The molecule has 0 saturated carbocycles. The van der Waals surface area contributed by atoms with Crippen LogP contribution in [0.3, 0.4) is 0 Å².